The van der Waals surface area contributed by atoms with Crippen LogP contribution in [0.2, 0.25) is 0 Å². The van der Waals surface area contributed by atoms with Crippen LogP contribution in [0.3, 0.4) is 0 Å². The number of nitrogens with zero attached hydrogens (tertiary/aromatic N) is 3. The zero-order valence-corrected chi connectivity index (χ0v) is 26.2. The summed E-state index contributed by atoms with van der Waals surface area (Å²) >= 11 is 1.84. The zero-order chi connectivity index (χ0) is 31.2. The molecule has 9 aromatic rings. The molecule has 0 N–H and O–H groups in total. The smallest absolute Gasteiger partial charge is 0.164 e. The monoisotopic (exact) mass is 617 g/mol. The molecule has 0 bridgehead atoms. The number of rotatable bonds is 5. The van der Waals surface area contributed by atoms with Gasteiger partial charge in [-0.3, -0.25) is 0 Å². The summed E-state index contributed by atoms with van der Waals surface area (Å²) in [5.41, 5.74) is 7.60. The van der Waals surface area contributed by atoms with E-state index in [4.69, 9.17) is 15.0 Å². The maximum Gasteiger partial charge on any atom is 0.164 e. The molecule has 0 radical (unpaired) electrons. The summed E-state index contributed by atoms with van der Waals surface area (Å²) in [7, 11) is 0. The van der Waals surface area contributed by atoms with Crippen LogP contribution in [0, 0.1) is 0 Å². The van der Waals surface area contributed by atoms with E-state index >= 15 is 0 Å². The van der Waals surface area contributed by atoms with E-state index in [0.29, 0.717) is 17.5 Å². The van der Waals surface area contributed by atoms with Crippen molar-refractivity contribution in [1.82, 2.24) is 15.0 Å². The third-order valence-electron chi connectivity index (χ3n) is 8.77. The minimum atomic E-state index is 0.649. The van der Waals surface area contributed by atoms with Gasteiger partial charge in [0, 0.05) is 36.9 Å². The molecule has 47 heavy (non-hydrogen) atoms. The number of hydrogen-bond donors (Lipinski definition) is 0. The lowest BCUT2D eigenvalue weighted by molar-refractivity contribution is 1.08. The Morgan fingerprint density at radius 1 is 0.298 bits per heavy atom. The summed E-state index contributed by atoms with van der Waals surface area (Å²) in [6.07, 6.45) is 0. The molecule has 0 aliphatic rings. The Morgan fingerprint density at radius 3 is 1.49 bits per heavy atom. The quantitative estimate of drug-likeness (QED) is 0.193. The van der Waals surface area contributed by atoms with Crippen LogP contribution in [-0.4, -0.2) is 15.0 Å². The van der Waals surface area contributed by atoms with Gasteiger partial charge in [0.15, 0.2) is 17.5 Å². The van der Waals surface area contributed by atoms with Crippen molar-refractivity contribution in [3.05, 3.63) is 164 Å². The summed E-state index contributed by atoms with van der Waals surface area (Å²) in [5.74, 6) is 1.96. The van der Waals surface area contributed by atoms with E-state index in [2.05, 4.69) is 127 Å². The van der Waals surface area contributed by atoms with Crippen LogP contribution >= 0.6 is 11.3 Å². The number of fused-ring (bicyclic) bond motifs is 4. The Labute approximate surface area is 276 Å². The summed E-state index contributed by atoms with van der Waals surface area (Å²) in [6.45, 7) is 0. The summed E-state index contributed by atoms with van der Waals surface area (Å²) < 4.78 is 2.62. The Bertz CT molecular complexity index is 2550. The van der Waals surface area contributed by atoms with Crippen LogP contribution in [0.25, 0.3) is 87.4 Å². The summed E-state index contributed by atoms with van der Waals surface area (Å²) in [6, 6.07) is 57.5. The first kappa shape index (κ1) is 27.3. The van der Waals surface area contributed by atoms with Crippen molar-refractivity contribution in [3.8, 4) is 56.4 Å². The molecular formula is C43H27N3S. The van der Waals surface area contributed by atoms with E-state index in [0.717, 1.165) is 27.6 Å². The van der Waals surface area contributed by atoms with Crippen molar-refractivity contribution >= 4 is 42.3 Å². The highest BCUT2D eigenvalue weighted by Gasteiger charge is 2.17. The third-order valence-corrected chi connectivity index (χ3v) is 9.92. The lowest BCUT2D eigenvalue weighted by atomic mass is 9.94. The first-order valence-electron chi connectivity index (χ1n) is 15.7. The molecule has 0 unspecified atom stereocenters. The topological polar surface area (TPSA) is 38.7 Å². The Kier molecular flexibility index (Phi) is 6.65. The van der Waals surface area contributed by atoms with E-state index in [1.807, 2.05) is 47.7 Å². The highest BCUT2D eigenvalue weighted by atomic mass is 32.1. The van der Waals surface area contributed by atoms with Crippen molar-refractivity contribution in [2.75, 3.05) is 0 Å². The molecule has 4 heteroatoms. The third kappa shape index (κ3) is 4.96. The summed E-state index contributed by atoms with van der Waals surface area (Å²) in [4.78, 5) is 15.1. The van der Waals surface area contributed by atoms with Crippen LogP contribution < -0.4 is 0 Å². The fraction of sp³-hybridized carbons (Fsp3) is 0. The predicted molar refractivity (Wildman–Crippen MR) is 197 cm³/mol. The van der Waals surface area contributed by atoms with Crippen molar-refractivity contribution in [3.63, 3.8) is 0 Å². The predicted octanol–water partition coefficient (Wildman–Crippen LogP) is 11.7. The Hall–Kier alpha value is -5.97. The van der Waals surface area contributed by atoms with Gasteiger partial charge in [-0.05, 0) is 57.3 Å². The van der Waals surface area contributed by atoms with Crippen molar-refractivity contribution < 1.29 is 0 Å². The molecule has 3 nitrogen and oxygen atoms in total. The average Bonchev–Trinajstić information content (AvgIpc) is 3.53. The van der Waals surface area contributed by atoms with Crippen LogP contribution in [0.4, 0.5) is 0 Å². The van der Waals surface area contributed by atoms with Crippen LogP contribution in [0.1, 0.15) is 0 Å². The lowest BCUT2D eigenvalue weighted by Gasteiger charge is -2.13. The van der Waals surface area contributed by atoms with Crippen molar-refractivity contribution in [1.29, 1.82) is 0 Å². The lowest BCUT2D eigenvalue weighted by Crippen LogP contribution is -2.00. The first-order valence-corrected chi connectivity index (χ1v) is 16.5. The van der Waals surface area contributed by atoms with E-state index in [1.54, 1.807) is 0 Å². The number of benzene rings is 7. The largest absolute Gasteiger partial charge is 0.208 e. The van der Waals surface area contributed by atoms with Gasteiger partial charge in [-0.1, -0.05) is 140 Å². The van der Waals surface area contributed by atoms with E-state index in [9.17, 15) is 0 Å². The maximum atomic E-state index is 5.10. The molecule has 0 atom stereocenters. The minimum absolute atomic E-state index is 0.649. The fourth-order valence-corrected chi connectivity index (χ4v) is 7.51. The molecule has 0 aliphatic carbocycles. The molecule has 9 rings (SSSR count). The SMILES string of the molecule is c1ccc(-c2ccc(-c3nc(-c4ccccc4)nc(-c4ccc(-c5ccc6sc7ccccc7c6c5)c5ccccc45)n3)cc2)cc1. The second-order valence-electron chi connectivity index (χ2n) is 11.6. The van der Waals surface area contributed by atoms with Gasteiger partial charge in [-0.2, -0.15) is 0 Å². The molecule has 0 fully saturated rings. The molecule has 220 valence electrons. The van der Waals surface area contributed by atoms with Crippen LogP contribution in [-0.2, 0) is 0 Å². The first-order chi connectivity index (χ1) is 23.3. The van der Waals surface area contributed by atoms with Gasteiger partial charge in [-0.25, -0.2) is 15.0 Å². The Morgan fingerprint density at radius 2 is 0.766 bits per heavy atom. The molecule has 0 aliphatic heterocycles. The van der Waals surface area contributed by atoms with E-state index < -0.39 is 0 Å². The highest BCUT2D eigenvalue weighted by molar-refractivity contribution is 7.25. The van der Waals surface area contributed by atoms with Gasteiger partial charge in [0.1, 0.15) is 0 Å². The molecule has 0 saturated carbocycles. The van der Waals surface area contributed by atoms with Crippen molar-refractivity contribution in [2.45, 2.75) is 0 Å². The van der Waals surface area contributed by atoms with Gasteiger partial charge in [-0.15, -0.1) is 11.3 Å². The number of aromatic nitrogens is 3. The van der Waals surface area contributed by atoms with Gasteiger partial charge in [0.25, 0.3) is 0 Å². The second-order valence-corrected chi connectivity index (χ2v) is 12.7. The molecule has 0 spiro atoms. The van der Waals surface area contributed by atoms with Gasteiger partial charge in [0.05, 0.1) is 0 Å². The van der Waals surface area contributed by atoms with Crippen LogP contribution in [0.5, 0.6) is 0 Å². The molecule has 2 heterocycles. The van der Waals surface area contributed by atoms with Gasteiger partial charge in [0.2, 0.25) is 0 Å². The molecule has 2 aromatic heterocycles. The Balaban J connectivity index is 1.20. The molecule has 0 saturated heterocycles. The molecular weight excluding hydrogens is 591 g/mol. The fourth-order valence-electron chi connectivity index (χ4n) is 6.42. The normalized spacial score (nSPS) is 11.4. The van der Waals surface area contributed by atoms with E-state index in [-0.39, 0.29) is 0 Å². The zero-order valence-electron chi connectivity index (χ0n) is 25.3. The van der Waals surface area contributed by atoms with E-state index in [1.165, 1.54) is 42.2 Å². The van der Waals surface area contributed by atoms with Crippen molar-refractivity contribution in [2.24, 2.45) is 0 Å². The minimum Gasteiger partial charge on any atom is -0.208 e. The van der Waals surface area contributed by atoms with Gasteiger partial charge < -0.3 is 0 Å². The maximum absolute atomic E-state index is 5.10. The highest BCUT2D eigenvalue weighted by Crippen LogP contribution is 2.40. The van der Waals surface area contributed by atoms with Gasteiger partial charge >= 0.3 is 0 Å². The molecule has 7 aromatic carbocycles. The molecule has 0 amide bonds. The van der Waals surface area contributed by atoms with Crippen LogP contribution in [0.15, 0.2) is 164 Å². The second kappa shape index (κ2) is 11.4. The standard InChI is InChI=1S/C43H27N3S/c1-3-11-28(12-4-1)29-19-21-31(22-20-29)42-44-41(30-13-5-2-6-14-30)45-43(46-42)37-25-24-33(34-15-7-8-16-35(34)37)32-23-26-40-38(27-32)36-17-9-10-18-39(36)47-40/h1-27H. The average molecular weight is 618 g/mol. The number of hydrogen-bond acceptors (Lipinski definition) is 4. The number of thiophene rings is 1. The summed E-state index contributed by atoms with van der Waals surface area (Å²) in [5, 5.41) is 4.87.